The first kappa shape index (κ1) is 19.9. The molecule has 2 aromatic heterocycles. The number of esters is 1. The van der Waals surface area contributed by atoms with E-state index in [1.165, 1.54) is 11.8 Å². The van der Waals surface area contributed by atoms with Gasteiger partial charge in [-0.1, -0.05) is 30.0 Å². The zero-order chi connectivity index (χ0) is 20.1. The third kappa shape index (κ3) is 4.19. The van der Waals surface area contributed by atoms with Crippen LogP contribution in [0.1, 0.15) is 42.2 Å². The van der Waals surface area contributed by atoms with Gasteiger partial charge < -0.3 is 19.5 Å². The molecule has 0 fully saturated rings. The summed E-state index contributed by atoms with van der Waals surface area (Å²) in [5.74, 6) is 0.551. The van der Waals surface area contributed by atoms with Gasteiger partial charge in [0.25, 0.3) is 0 Å². The molecule has 0 saturated heterocycles. The van der Waals surface area contributed by atoms with Crippen molar-refractivity contribution in [3.8, 4) is 0 Å². The van der Waals surface area contributed by atoms with Crippen LogP contribution in [0, 0.1) is 0 Å². The quantitative estimate of drug-likeness (QED) is 0.432. The van der Waals surface area contributed by atoms with Gasteiger partial charge in [-0.2, -0.15) is 0 Å². The third-order valence-corrected chi connectivity index (χ3v) is 5.20. The van der Waals surface area contributed by atoms with Gasteiger partial charge in [0.05, 0.1) is 6.61 Å². The van der Waals surface area contributed by atoms with Crippen molar-refractivity contribution in [2.24, 2.45) is 5.73 Å². The summed E-state index contributed by atoms with van der Waals surface area (Å²) in [5, 5.41) is 9.99. The molecular weight excluding hydrogens is 380 g/mol. The maximum absolute atomic E-state index is 12.3. The van der Waals surface area contributed by atoms with Crippen LogP contribution in [0.5, 0.6) is 0 Å². The monoisotopic (exact) mass is 402 g/mol. The zero-order valence-electron chi connectivity index (χ0n) is 15.8. The van der Waals surface area contributed by atoms with Gasteiger partial charge in [-0.3, -0.25) is 4.79 Å². The fourth-order valence-corrected chi connectivity index (χ4v) is 3.95. The molecule has 0 saturated carbocycles. The number of carbonyl (C=O) groups is 2. The number of thioether (sulfide) groups is 1. The first-order valence-electron chi connectivity index (χ1n) is 9.05. The number of rotatable bonds is 9. The van der Waals surface area contributed by atoms with Gasteiger partial charge in [0.2, 0.25) is 11.7 Å². The van der Waals surface area contributed by atoms with Crippen LogP contribution < -0.4 is 5.73 Å². The number of furan rings is 1. The van der Waals surface area contributed by atoms with Gasteiger partial charge in [-0.25, -0.2) is 4.79 Å². The first-order valence-corrected chi connectivity index (χ1v) is 10.0. The predicted molar refractivity (Wildman–Crippen MR) is 105 cm³/mol. The lowest BCUT2D eigenvalue weighted by Crippen LogP contribution is -2.13. The maximum atomic E-state index is 12.3. The predicted octanol–water partition coefficient (Wildman–Crippen LogP) is 2.93. The van der Waals surface area contributed by atoms with Crippen molar-refractivity contribution in [3.63, 3.8) is 0 Å². The van der Waals surface area contributed by atoms with Crippen LogP contribution in [-0.4, -0.2) is 33.2 Å². The van der Waals surface area contributed by atoms with E-state index in [9.17, 15) is 9.59 Å². The van der Waals surface area contributed by atoms with Crippen molar-refractivity contribution in [3.05, 3.63) is 41.4 Å². The van der Waals surface area contributed by atoms with E-state index in [2.05, 4.69) is 10.2 Å². The van der Waals surface area contributed by atoms with Gasteiger partial charge in [0.15, 0.2) is 5.16 Å². The second-order valence-corrected chi connectivity index (χ2v) is 6.97. The Morgan fingerprint density at radius 2 is 2.04 bits per heavy atom. The van der Waals surface area contributed by atoms with E-state index in [-0.39, 0.29) is 24.7 Å². The number of primary amides is 1. The number of nitrogens with zero attached hydrogens (tertiary/aromatic N) is 3. The van der Waals surface area contributed by atoms with Crippen molar-refractivity contribution in [1.29, 1.82) is 0 Å². The van der Waals surface area contributed by atoms with Crippen molar-refractivity contribution < 1.29 is 18.7 Å². The Balaban J connectivity index is 1.86. The van der Waals surface area contributed by atoms with Crippen LogP contribution in [0.3, 0.4) is 0 Å². The highest BCUT2D eigenvalue weighted by molar-refractivity contribution is 7.98. The van der Waals surface area contributed by atoms with Crippen molar-refractivity contribution >= 4 is 34.6 Å². The smallest absolute Gasteiger partial charge is 0.374 e. The lowest BCUT2D eigenvalue weighted by atomic mass is 10.1. The van der Waals surface area contributed by atoms with E-state index in [1.807, 2.05) is 35.8 Å². The van der Waals surface area contributed by atoms with Crippen LogP contribution in [0.15, 0.2) is 33.8 Å². The molecule has 1 aromatic carbocycles. The lowest BCUT2D eigenvalue weighted by Gasteiger charge is -2.07. The first-order chi connectivity index (χ1) is 13.5. The number of hydrogen-bond donors (Lipinski definition) is 1. The van der Waals surface area contributed by atoms with Crippen molar-refractivity contribution in [2.75, 3.05) is 6.61 Å². The molecule has 148 valence electrons. The van der Waals surface area contributed by atoms with Crippen molar-refractivity contribution in [1.82, 2.24) is 14.8 Å². The Hall–Kier alpha value is -2.81. The summed E-state index contributed by atoms with van der Waals surface area (Å²) in [7, 11) is 0. The van der Waals surface area contributed by atoms with E-state index < -0.39 is 5.97 Å². The Labute approximate surface area is 166 Å². The average Bonchev–Trinajstić information content (AvgIpc) is 3.25. The number of amides is 1. The number of para-hydroxylation sites is 1. The van der Waals surface area contributed by atoms with E-state index in [4.69, 9.17) is 14.9 Å². The highest BCUT2D eigenvalue weighted by Crippen LogP contribution is 2.32. The molecule has 0 aliphatic rings. The summed E-state index contributed by atoms with van der Waals surface area (Å²) in [6.07, 6.45) is 0.668. The van der Waals surface area contributed by atoms with Gasteiger partial charge in [0.1, 0.15) is 11.4 Å². The number of carbonyl (C=O) groups excluding carboxylic acids is 2. The molecule has 3 aromatic rings. The summed E-state index contributed by atoms with van der Waals surface area (Å²) in [5.41, 5.74) is 6.63. The molecule has 9 heteroatoms. The van der Waals surface area contributed by atoms with Crippen LogP contribution in [0.2, 0.25) is 0 Å². The molecule has 28 heavy (non-hydrogen) atoms. The summed E-state index contributed by atoms with van der Waals surface area (Å²) in [6, 6.07) is 7.50. The average molecular weight is 402 g/mol. The second-order valence-electron chi connectivity index (χ2n) is 6.02. The van der Waals surface area contributed by atoms with E-state index in [0.717, 1.165) is 10.9 Å². The van der Waals surface area contributed by atoms with Gasteiger partial charge in [0, 0.05) is 36.1 Å². The topological polar surface area (TPSA) is 113 Å². The lowest BCUT2D eigenvalue weighted by molar-refractivity contribution is -0.118. The normalized spacial score (nSPS) is 11.1. The second kappa shape index (κ2) is 8.92. The van der Waals surface area contributed by atoms with E-state index in [1.54, 1.807) is 6.92 Å². The molecule has 1 amide bonds. The van der Waals surface area contributed by atoms with Crippen LogP contribution in [0.4, 0.5) is 0 Å². The van der Waals surface area contributed by atoms with E-state index in [0.29, 0.717) is 35.3 Å². The van der Waals surface area contributed by atoms with Gasteiger partial charge >= 0.3 is 5.97 Å². The highest BCUT2D eigenvalue weighted by atomic mass is 32.2. The minimum atomic E-state index is -0.478. The van der Waals surface area contributed by atoms with Crippen LogP contribution in [-0.2, 0) is 28.2 Å². The van der Waals surface area contributed by atoms with Crippen molar-refractivity contribution in [2.45, 2.75) is 44.1 Å². The Bertz CT molecular complexity index is 995. The number of benzene rings is 1. The minimum Gasteiger partial charge on any atom is -0.460 e. The van der Waals surface area contributed by atoms with Gasteiger partial charge in [-0.15, -0.1) is 10.2 Å². The number of nitrogens with two attached hydrogens (primary N) is 1. The summed E-state index contributed by atoms with van der Waals surface area (Å²) >= 11 is 1.45. The third-order valence-electron chi connectivity index (χ3n) is 4.21. The molecular formula is C19H22N4O4S. The summed E-state index contributed by atoms with van der Waals surface area (Å²) in [6.45, 7) is 4.68. The number of hydrogen-bond acceptors (Lipinski definition) is 7. The van der Waals surface area contributed by atoms with Crippen LogP contribution in [0.25, 0.3) is 11.0 Å². The van der Waals surface area contributed by atoms with E-state index >= 15 is 0 Å². The highest BCUT2D eigenvalue weighted by Gasteiger charge is 2.22. The summed E-state index contributed by atoms with van der Waals surface area (Å²) in [4.78, 5) is 23.4. The molecule has 0 atom stereocenters. The molecule has 3 rings (SSSR count). The number of aromatic nitrogens is 3. The standard InChI is InChI=1S/C19H22N4O4S/c1-3-23-16(10-9-15(20)24)21-22-19(23)28-11-13-12-7-5-6-8-14(12)27-17(13)18(25)26-4-2/h5-8H,3-4,9-11H2,1-2H3,(H2,20,24). The minimum absolute atomic E-state index is 0.215. The Morgan fingerprint density at radius 3 is 2.75 bits per heavy atom. The van der Waals surface area contributed by atoms with Gasteiger partial charge in [-0.05, 0) is 19.9 Å². The molecule has 0 spiro atoms. The molecule has 2 N–H and O–H groups in total. The molecule has 0 aliphatic carbocycles. The molecule has 0 bridgehead atoms. The zero-order valence-corrected chi connectivity index (χ0v) is 16.6. The largest absolute Gasteiger partial charge is 0.460 e. The Kier molecular flexibility index (Phi) is 6.35. The molecule has 0 unspecified atom stereocenters. The maximum Gasteiger partial charge on any atom is 0.374 e. The SMILES string of the molecule is CCOC(=O)c1oc2ccccc2c1CSc1nnc(CCC(N)=O)n1CC. The number of ether oxygens (including phenoxy) is 1. The fraction of sp³-hybridized carbons (Fsp3) is 0.368. The number of fused-ring (bicyclic) bond motifs is 1. The fourth-order valence-electron chi connectivity index (χ4n) is 2.90. The van der Waals surface area contributed by atoms with Crippen LogP contribution >= 0.6 is 11.8 Å². The Morgan fingerprint density at radius 1 is 1.25 bits per heavy atom. The molecule has 2 heterocycles. The molecule has 0 aliphatic heterocycles. The molecule has 8 nitrogen and oxygen atoms in total. The summed E-state index contributed by atoms with van der Waals surface area (Å²) < 4.78 is 12.8. The number of aryl methyl sites for hydroxylation is 1. The molecule has 0 radical (unpaired) electrons.